The van der Waals surface area contributed by atoms with Crippen LogP contribution in [0, 0.1) is 5.92 Å². The molecule has 0 aromatic heterocycles. The number of hydrogen-bond acceptors (Lipinski definition) is 3. The van der Waals surface area contributed by atoms with Gasteiger partial charge in [-0.1, -0.05) is 13.8 Å². The van der Waals surface area contributed by atoms with E-state index in [1.165, 1.54) is 6.42 Å². The fraction of sp³-hybridized carbons (Fsp3) is 0.941. The minimum atomic E-state index is 0.298. The largest absolute Gasteiger partial charge is 0.377 e. The molecule has 130 valence electrons. The summed E-state index contributed by atoms with van der Waals surface area (Å²) in [7, 11) is 0. The van der Waals surface area contributed by atoms with Crippen LogP contribution in [0.5, 0.6) is 0 Å². The van der Waals surface area contributed by atoms with Gasteiger partial charge >= 0.3 is 0 Å². The average Bonchev–Trinajstić information content (AvgIpc) is 2.98. The molecule has 0 bridgehead atoms. The molecule has 0 aliphatic carbocycles. The van der Waals surface area contributed by atoms with E-state index in [2.05, 4.69) is 43.3 Å². The standard InChI is InChI=1S/C17H35N3O2/c1-5-18-17(20-15(4)9-8-14(2)3)19-10-12-21-13-16-7-6-11-22-16/h14-16H,5-13H2,1-4H3,(H2,18,19,20). The number of nitrogens with zero attached hydrogens (tertiary/aromatic N) is 1. The summed E-state index contributed by atoms with van der Waals surface area (Å²) in [6.45, 7) is 12.6. The molecule has 5 nitrogen and oxygen atoms in total. The number of nitrogens with one attached hydrogen (secondary N) is 2. The molecule has 1 saturated heterocycles. The topological polar surface area (TPSA) is 54.9 Å². The van der Waals surface area contributed by atoms with Gasteiger partial charge in [-0.05, 0) is 45.4 Å². The van der Waals surface area contributed by atoms with Crippen LogP contribution in [0.3, 0.4) is 0 Å². The fourth-order valence-corrected chi connectivity index (χ4v) is 2.42. The normalized spacial score (nSPS) is 20.4. The summed E-state index contributed by atoms with van der Waals surface area (Å²) >= 11 is 0. The first kappa shape index (κ1) is 19.2. The number of aliphatic imine (C=N–C) groups is 1. The van der Waals surface area contributed by atoms with E-state index >= 15 is 0 Å². The quantitative estimate of drug-likeness (QED) is 0.370. The molecule has 0 aromatic rings. The van der Waals surface area contributed by atoms with Gasteiger partial charge in [-0.2, -0.15) is 0 Å². The summed E-state index contributed by atoms with van der Waals surface area (Å²) in [5.74, 6) is 1.63. The second kappa shape index (κ2) is 11.7. The summed E-state index contributed by atoms with van der Waals surface area (Å²) in [4.78, 5) is 4.57. The molecule has 22 heavy (non-hydrogen) atoms. The van der Waals surface area contributed by atoms with Crippen molar-refractivity contribution in [2.45, 2.75) is 65.5 Å². The molecular weight excluding hydrogens is 278 g/mol. The van der Waals surface area contributed by atoms with E-state index in [9.17, 15) is 0 Å². The van der Waals surface area contributed by atoms with E-state index in [1.54, 1.807) is 0 Å². The second-order valence-corrected chi connectivity index (χ2v) is 6.49. The highest BCUT2D eigenvalue weighted by Crippen LogP contribution is 2.11. The maximum atomic E-state index is 5.64. The lowest BCUT2D eigenvalue weighted by Crippen LogP contribution is -2.42. The highest BCUT2D eigenvalue weighted by Gasteiger charge is 2.14. The third kappa shape index (κ3) is 9.26. The van der Waals surface area contributed by atoms with Gasteiger partial charge in [0.1, 0.15) is 0 Å². The lowest BCUT2D eigenvalue weighted by Gasteiger charge is -2.18. The van der Waals surface area contributed by atoms with Crippen molar-refractivity contribution < 1.29 is 9.47 Å². The van der Waals surface area contributed by atoms with E-state index in [0.717, 1.165) is 44.3 Å². The van der Waals surface area contributed by atoms with Gasteiger partial charge in [0.2, 0.25) is 0 Å². The zero-order valence-electron chi connectivity index (χ0n) is 14.9. The first-order valence-electron chi connectivity index (χ1n) is 8.86. The van der Waals surface area contributed by atoms with Crippen LogP contribution in [0.2, 0.25) is 0 Å². The van der Waals surface area contributed by atoms with Crippen LogP contribution in [0.4, 0.5) is 0 Å². The lowest BCUT2D eigenvalue weighted by atomic mass is 10.0. The predicted molar refractivity (Wildman–Crippen MR) is 92.4 cm³/mol. The van der Waals surface area contributed by atoms with E-state index in [1.807, 2.05) is 0 Å². The van der Waals surface area contributed by atoms with Gasteiger partial charge in [0.15, 0.2) is 5.96 Å². The van der Waals surface area contributed by atoms with Crippen molar-refractivity contribution >= 4 is 5.96 Å². The van der Waals surface area contributed by atoms with Crippen LogP contribution in [-0.4, -0.2) is 51.0 Å². The van der Waals surface area contributed by atoms with Gasteiger partial charge in [0, 0.05) is 19.2 Å². The monoisotopic (exact) mass is 313 g/mol. The lowest BCUT2D eigenvalue weighted by molar-refractivity contribution is 0.0200. The highest BCUT2D eigenvalue weighted by molar-refractivity contribution is 5.80. The molecule has 2 N–H and O–H groups in total. The molecule has 2 unspecified atom stereocenters. The van der Waals surface area contributed by atoms with Crippen LogP contribution >= 0.6 is 0 Å². The van der Waals surface area contributed by atoms with Crippen molar-refractivity contribution in [2.24, 2.45) is 10.9 Å². The molecule has 0 saturated carbocycles. The van der Waals surface area contributed by atoms with Crippen molar-refractivity contribution in [1.29, 1.82) is 0 Å². The Hall–Kier alpha value is -0.810. The Balaban J connectivity index is 2.19. The van der Waals surface area contributed by atoms with Crippen LogP contribution in [0.1, 0.15) is 53.4 Å². The average molecular weight is 313 g/mol. The molecule has 0 amide bonds. The summed E-state index contributed by atoms with van der Waals surface area (Å²) in [5.41, 5.74) is 0. The summed E-state index contributed by atoms with van der Waals surface area (Å²) in [6.07, 6.45) is 4.98. The zero-order valence-corrected chi connectivity index (χ0v) is 14.9. The van der Waals surface area contributed by atoms with Gasteiger partial charge in [0.25, 0.3) is 0 Å². The van der Waals surface area contributed by atoms with Crippen LogP contribution in [0.15, 0.2) is 4.99 Å². The molecule has 2 atom stereocenters. The molecule has 5 heteroatoms. The molecule has 1 heterocycles. The minimum absolute atomic E-state index is 0.298. The van der Waals surface area contributed by atoms with E-state index in [-0.39, 0.29) is 0 Å². The smallest absolute Gasteiger partial charge is 0.191 e. The third-order valence-electron chi connectivity index (χ3n) is 3.74. The van der Waals surface area contributed by atoms with Crippen molar-refractivity contribution in [1.82, 2.24) is 10.6 Å². The Kier molecular flexibility index (Phi) is 10.2. The Labute approximate surface area is 136 Å². The minimum Gasteiger partial charge on any atom is -0.377 e. The summed E-state index contributed by atoms with van der Waals surface area (Å²) in [6, 6.07) is 0.438. The molecular formula is C17H35N3O2. The van der Waals surface area contributed by atoms with Crippen LogP contribution in [-0.2, 0) is 9.47 Å². The van der Waals surface area contributed by atoms with Crippen molar-refractivity contribution in [3.8, 4) is 0 Å². The third-order valence-corrected chi connectivity index (χ3v) is 3.74. The maximum absolute atomic E-state index is 5.64. The molecule has 0 radical (unpaired) electrons. The van der Waals surface area contributed by atoms with Gasteiger partial charge in [-0.15, -0.1) is 0 Å². The number of guanidine groups is 1. The number of hydrogen-bond donors (Lipinski definition) is 2. The van der Waals surface area contributed by atoms with Crippen molar-refractivity contribution in [2.75, 3.05) is 32.9 Å². The molecule has 1 aliphatic heterocycles. The number of rotatable bonds is 10. The van der Waals surface area contributed by atoms with Gasteiger partial charge < -0.3 is 20.1 Å². The van der Waals surface area contributed by atoms with Crippen molar-refractivity contribution in [3.63, 3.8) is 0 Å². The summed E-state index contributed by atoms with van der Waals surface area (Å²) in [5, 5.41) is 6.76. The van der Waals surface area contributed by atoms with Gasteiger partial charge in [-0.25, -0.2) is 0 Å². The van der Waals surface area contributed by atoms with E-state index in [4.69, 9.17) is 9.47 Å². The van der Waals surface area contributed by atoms with Crippen molar-refractivity contribution in [3.05, 3.63) is 0 Å². The Morgan fingerprint density at radius 2 is 2.14 bits per heavy atom. The zero-order chi connectivity index (χ0) is 16.2. The van der Waals surface area contributed by atoms with Crippen LogP contribution in [0.25, 0.3) is 0 Å². The SMILES string of the molecule is CCNC(=NCCOCC1CCCO1)NC(C)CCC(C)C. The van der Waals surface area contributed by atoms with E-state index in [0.29, 0.717) is 31.9 Å². The first-order valence-corrected chi connectivity index (χ1v) is 8.86. The Morgan fingerprint density at radius 3 is 2.77 bits per heavy atom. The molecule has 0 spiro atoms. The molecule has 1 rings (SSSR count). The first-order chi connectivity index (χ1) is 10.6. The molecule has 1 aliphatic rings. The maximum Gasteiger partial charge on any atom is 0.191 e. The number of ether oxygens (including phenoxy) is 2. The molecule has 1 fully saturated rings. The fourth-order valence-electron chi connectivity index (χ4n) is 2.42. The van der Waals surface area contributed by atoms with Gasteiger partial charge in [0.05, 0.1) is 25.9 Å². The Morgan fingerprint density at radius 1 is 1.32 bits per heavy atom. The van der Waals surface area contributed by atoms with Crippen LogP contribution < -0.4 is 10.6 Å². The van der Waals surface area contributed by atoms with E-state index < -0.39 is 0 Å². The second-order valence-electron chi connectivity index (χ2n) is 6.49. The highest BCUT2D eigenvalue weighted by atomic mass is 16.5. The summed E-state index contributed by atoms with van der Waals surface area (Å²) < 4.78 is 11.2. The van der Waals surface area contributed by atoms with Gasteiger partial charge in [-0.3, -0.25) is 4.99 Å². The molecule has 0 aromatic carbocycles. The predicted octanol–water partition coefficient (Wildman–Crippen LogP) is 2.56. The Bertz CT molecular complexity index is 302.